The maximum atomic E-state index is 13.0. The molecule has 1 amide bonds. The van der Waals surface area contributed by atoms with Gasteiger partial charge in [0.1, 0.15) is 23.1 Å². The minimum Gasteiger partial charge on any atom is -0.490 e. The molecule has 0 saturated heterocycles. The molecule has 0 spiro atoms. The second kappa shape index (κ2) is 8.93. The SMILES string of the molecule is O=C(N[C@@H]1COCc2c1cnn2-c1cccc(OCCO)c1Cl)c1ncn2c1CCCC2. The van der Waals surface area contributed by atoms with Crippen molar-refractivity contribution in [2.45, 2.75) is 38.5 Å². The number of hydrogen-bond donors (Lipinski definition) is 2. The van der Waals surface area contributed by atoms with Gasteiger partial charge in [-0.2, -0.15) is 5.10 Å². The molecule has 4 heterocycles. The zero-order valence-corrected chi connectivity index (χ0v) is 18.2. The van der Waals surface area contributed by atoms with Gasteiger partial charge in [-0.1, -0.05) is 17.7 Å². The van der Waals surface area contributed by atoms with Gasteiger partial charge in [0.15, 0.2) is 0 Å². The molecule has 32 heavy (non-hydrogen) atoms. The Morgan fingerprint density at radius 1 is 1.34 bits per heavy atom. The van der Waals surface area contributed by atoms with Crippen molar-refractivity contribution in [3.63, 3.8) is 0 Å². The van der Waals surface area contributed by atoms with E-state index in [0.29, 0.717) is 35.4 Å². The predicted octanol–water partition coefficient (Wildman–Crippen LogP) is 2.43. The highest BCUT2D eigenvalue weighted by atomic mass is 35.5. The Hall–Kier alpha value is -2.88. The minimum atomic E-state index is -0.339. The lowest BCUT2D eigenvalue weighted by Gasteiger charge is -2.25. The number of aliphatic hydroxyl groups is 1. The number of amides is 1. The van der Waals surface area contributed by atoms with Crippen LogP contribution in [0.1, 0.15) is 46.3 Å². The molecule has 2 aliphatic rings. The van der Waals surface area contributed by atoms with E-state index in [4.69, 9.17) is 26.2 Å². The summed E-state index contributed by atoms with van der Waals surface area (Å²) in [5, 5.41) is 17.0. The summed E-state index contributed by atoms with van der Waals surface area (Å²) in [5.74, 6) is 0.265. The molecular formula is C22H24ClN5O4. The summed E-state index contributed by atoms with van der Waals surface area (Å²) in [6.45, 7) is 1.65. The zero-order valence-electron chi connectivity index (χ0n) is 17.5. The van der Waals surface area contributed by atoms with Crippen LogP contribution in [0, 0.1) is 0 Å². The summed E-state index contributed by atoms with van der Waals surface area (Å²) in [5.41, 5.74) is 3.82. The highest BCUT2D eigenvalue weighted by Gasteiger charge is 2.29. The Bertz CT molecular complexity index is 1140. The number of carbonyl (C=O) groups excluding carboxylic acids is 1. The van der Waals surface area contributed by atoms with E-state index in [0.717, 1.165) is 42.8 Å². The lowest BCUT2D eigenvalue weighted by Crippen LogP contribution is -2.35. The molecule has 1 atom stereocenters. The minimum absolute atomic E-state index is 0.104. The Morgan fingerprint density at radius 2 is 2.25 bits per heavy atom. The molecule has 0 saturated carbocycles. The number of nitrogens with one attached hydrogen (secondary N) is 1. The summed E-state index contributed by atoms with van der Waals surface area (Å²) >= 11 is 6.55. The second-order valence-corrected chi connectivity index (χ2v) is 8.23. The molecule has 0 radical (unpaired) electrons. The average Bonchev–Trinajstić information content (AvgIpc) is 3.44. The third-order valence-electron chi connectivity index (χ3n) is 5.85. The molecule has 10 heteroatoms. The molecule has 2 aromatic heterocycles. The maximum Gasteiger partial charge on any atom is 0.272 e. The normalized spacial score (nSPS) is 17.5. The van der Waals surface area contributed by atoms with Crippen LogP contribution in [-0.2, 0) is 24.3 Å². The van der Waals surface area contributed by atoms with Gasteiger partial charge in [-0.15, -0.1) is 0 Å². The molecule has 3 aromatic rings. The lowest BCUT2D eigenvalue weighted by atomic mass is 10.0. The van der Waals surface area contributed by atoms with Crippen LogP contribution in [0.15, 0.2) is 30.7 Å². The van der Waals surface area contributed by atoms with Crippen molar-refractivity contribution in [1.29, 1.82) is 0 Å². The maximum absolute atomic E-state index is 13.0. The van der Waals surface area contributed by atoms with E-state index in [1.807, 2.05) is 12.1 Å². The number of nitrogens with zero attached hydrogens (tertiary/aromatic N) is 4. The first-order valence-electron chi connectivity index (χ1n) is 10.7. The van der Waals surface area contributed by atoms with Crippen LogP contribution in [0.5, 0.6) is 5.75 Å². The number of aryl methyl sites for hydroxylation is 1. The lowest BCUT2D eigenvalue weighted by molar-refractivity contribution is 0.0684. The van der Waals surface area contributed by atoms with Gasteiger partial charge in [0.25, 0.3) is 5.91 Å². The fourth-order valence-electron chi connectivity index (χ4n) is 4.30. The summed E-state index contributed by atoms with van der Waals surface area (Å²) in [6, 6.07) is 5.05. The first-order valence-corrected chi connectivity index (χ1v) is 11.1. The Morgan fingerprint density at radius 3 is 3.12 bits per heavy atom. The molecule has 9 nitrogen and oxygen atoms in total. The number of fused-ring (bicyclic) bond motifs is 2. The van der Waals surface area contributed by atoms with Crippen LogP contribution in [0.25, 0.3) is 5.69 Å². The molecule has 0 fully saturated rings. The third-order valence-corrected chi connectivity index (χ3v) is 6.23. The van der Waals surface area contributed by atoms with Crippen LogP contribution in [-0.4, -0.2) is 50.2 Å². The molecule has 0 bridgehead atoms. The Labute approximate surface area is 189 Å². The average molecular weight is 458 g/mol. The number of ether oxygens (including phenoxy) is 2. The Kier molecular flexibility index (Phi) is 5.86. The number of aliphatic hydroxyl groups excluding tert-OH is 1. The van der Waals surface area contributed by atoms with Crippen molar-refractivity contribution < 1.29 is 19.4 Å². The summed E-state index contributed by atoms with van der Waals surface area (Å²) in [4.78, 5) is 17.4. The first-order chi connectivity index (χ1) is 15.7. The van der Waals surface area contributed by atoms with E-state index in [9.17, 15) is 4.79 Å². The standard InChI is InChI=1S/C22H24ClN5O4/c23-20-16(5-3-6-19(20)32-9-8-29)28-18-12-31-11-15(14(18)10-25-28)26-22(30)21-17-4-1-2-7-27(17)13-24-21/h3,5-6,10,13,15,29H,1-2,4,7-9,11-12H2,(H,26,30)/t15-/m1/s1. The van der Waals surface area contributed by atoms with Crippen molar-refractivity contribution in [2.24, 2.45) is 0 Å². The van der Waals surface area contributed by atoms with E-state index in [-0.39, 0.29) is 25.2 Å². The highest BCUT2D eigenvalue weighted by Crippen LogP contribution is 2.34. The number of rotatable bonds is 6. The van der Waals surface area contributed by atoms with Gasteiger partial charge in [0.05, 0.1) is 55.5 Å². The van der Waals surface area contributed by atoms with Crippen molar-refractivity contribution in [1.82, 2.24) is 24.6 Å². The van der Waals surface area contributed by atoms with Crippen molar-refractivity contribution >= 4 is 17.5 Å². The Balaban J connectivity index is 1.40. The fourth-order valence-corrected chi connectivity index (χ4v) is 4.56. The molecule has 1 aromatic carbocycles. The molecule has 0 unspecified atom stereocenters. The molecular weight excluding hydrogens is 434 g/mol. The van der Waals surface area contributed by atoms with Crippen LogP contribution in [0.2, 0.25) is 5.02 Å². The third kappa shape index (κ3) is 3.76. The number of benzene rings is 1. The summed E-state index contributed by atoms with van der Waals surface area (Å²) < 4.78 is 15.1. The number of imidazole rings is 1. The molecule has 5 rings (SSSR count). The largest absolute Gasteiger partial charge is 0.490 e. The number of hydrogen-bond acceptors (Lipinski definition) is 6. The van der Waals surface area contributed by atoms with E-state index in [1.165, 1.54) is 0 Å². The number of carbonyl (C=O) groups is 1. The van der Waals surface area contributed by atoms with Gasteiger partial charge in [-0.25, -0.2) is 9.67 Å². The van der Waals surface area contributed by atoms with E-state index in [2.05, 4.69) is 20.0 Å². The van der Waals surface area contributed by atoms with Gasteiger partial charge in [-0.05, 0) is 31.4 Å². The first kappa shape index (κ1) is 21.0. The number of halogens is 1. The van der Waals surface area contributed by atoms with Crippen LogP contribution in [0.4, 0.5) is 0 Å². The number of aromatic nitrogens is 4. The van der Waals surface area contributed by atoms with E-state index >= 15 is 0 Å². The summed E-state index contributed by atoms with van der Waals surface area (Å²) in [7, 11) is 0. The zero-order chi connectivity index (χ0) is 22.1. The van der Waals surface area contributed by atoms with Crippen molar-refractivity contribution in [2.75, 3.05) is 19.8 Å². The van der Waals surface area contributed by atoms with Gasteiger partial charge in [0, 0.05) is 12.1 Å². The van der Waals surface area contributed by atoms with Crippen LogP contribution < -0.4 is 10.1 Å². The van der Waals surface area contributed by atoms with Gasteiger partial charge < -0.3 is 24.5 Å². The molecule has 2 aliphatic heterocycles. The fraction of sp³-hybridized carbons (Fsp3) is 0.409. The highest BCUT2D eigenvalue weighted by molar-refractivity contribution is 6.33. The van der Waals surface area contributed by atoms with Crippen molar-refractivity contribution in [3.8, 4) is 11.4 Å². The van der Waals surface area contributed by atoms with E-state index < -0.39 is 0 Å². The smallest absolute Gasteiger partial charge is 0.272 e. The molecule has 0 aliphatic carbocycles. The predicted molar refractivity (Wildman–Crippen MR) is 116 cm³/mol. The quantitative estimate of drug-likeness (QED) is 0.589. The van der Waals surface area contributed by atoms with Crippen molar-refractivity contribution in [3.05, 3.63) is 58.4 Å². The monoisotopic (exact) mass is 457 g/mol. The molecule has 2 N–H and O–H groups in total. The van der Waals surface area contributed by atoms with Crippen LogP contribution in [0.3, 0.4) is 0 Å². The van der Waals surface area contributed by atoms with Crippen LogP contribution >= 0.6 is 11.6 Å². The van der Waals surface area contributed by atoms with E-state index in [1.54, 1.807) is 23.3 Å². The van der Waals surface area contributed by atoms with Gasteiger partial charge in [0.2, 0.25) is 0 Å². The summed E-state index contributed by atoms with van der Waals surface area (Å²) in [6.07, 6.45) is 6.52. The topological polar surface area (TPSA) is 103 Å². The second-order valence-electron chi connectivity index (χ2n) is 7.85. The van der Waals surface area contributed by atoms with Gasteiger partial charge >= 0.3 is 0 Å². The van der Waals surface area contributed by atoms with Gasteiger partial charge in [-0.3, -0.25) is 4.79 Å². The molecule has 168 valence electrons.